The van der Waals surface area contributed by atoms with Crippen molar-refractivity contribution in [3.63, 3.8) is 0 Å². The van der Waals surface area contributed by atoms with Gasteiger partial charge in [-0.15, -0.1) is 0 Å². The van der Waals surface area contributed by atoms with Crippen molar-refractivity contribution in [2.24, 2.45) is 4.99 Å². The fourth-order valence-electron chi connectivity index (χ4n) is 1.27. The Bertz CT molecular complexity index is 382. The Morgan fingerprint density at radius 3 is 2.57 bits per heavy atom. The lowest BCUT2D eigenvalue weighted by atomic mass is 10.0. The standard InChI is InChI=1S/C10H13N3O/c1-6(2)10(12-5-11)9-7(3)13-14-8(9)4/h5,11H,1H2,2-4H3. The van der Waals surface area contributed by atoms with Crippen LogP contribution in [0, 0.1) is 19.3 Å². The third kappa shape index (κ3) is 1.79. The van der Waals surface area contributed by atoms with Gasteiger partial charge in [-0.3, -0.25) is 5.41 Å². The summed E-state index contributed by atoms with van der Waals surface area (Å²) in [7, 11) is 0. The number of allylic oxidation sites excluding steroid dienone is 1. The van der Waals surface area contributed by atoms with Gasteiger partial charge in [0.25, 0.3) is 0 Å². The molecule has 0 saturated heterocycles. The molecule has 4 nitrogen and oxygen atoms in total. The van der Waals surface area contributed by atoms with E-state index in [1.165, 1.54) is 0 Å². The number of hydrogen-bond acceptors (Lipinski definition) is 3. The second-order valence-corrected chi connectivity index (χ2v) is 3.09. The van der Waals surface area contributed by atoms with E-state index in [1.54, 1.807) is 0 Å². The lowest BCUT2D eigenvalue weighted by molar-refractivity contribution is 0.393. The van der Waals surface area contributed by atoms with E-state index in [1.807, 2.05) is 20.8 Å². The van der Waals surface area contributed by atoms with Crippen LogP contribution in [0.5, 0.6) is 0 Å². The molecular formula is C10H13N3O. The van der Waals surface area contributed by atoms with Crippen LogP contribution in [0.2, 0.25) is 0 Å². The maximum absolute atomic E-state index is 6.97. The lowest BCUT2D eigenvalue weighted by Crippen LogP contribution is -2.04. The minimum Gasteiger partial charge on any atom is -0.361 e. The van der Waals surface area contributed by atoms with Gasteiger partial charge >= 0.3 is 0 Å². The molecule has 1 aromatic rings. The molecule has 14 heavy (non-hydrogen) atoms. The van der Waals surface area contributed by atoms with Crippen molar-refractivity contribution >= 4 is 12.1 Å². The average Bonchev–Trinajstić information content (AvgIpc) is 2.43. The van der Waals surface area contributed by atoms with Crippen LogP contribution in [0.3, 0.4) is 0 Å². The normalized spacial score (nSPS) is 11.5. The summed E-state index contributed by atoms with van der Waals surface area (Å²) in [6, 6.07) is 0. The molecular weight excluding hydrogens is 178 g/mol. The molecule has 0 amide bonds. The smallest absolute Gasteiger partial charge is 0.143 e. The fourth-order valence-corrected chi connectivity index (χ4v) is 1.27. The third-order valence-corrected chi connectivity index (χ3v) is 1.87. The van der Waals surface area contributed by atoms with Crippen molar-refractivity contribution in [1.29, 1.82) is 5.41 Å². The van der Waals surface area contributed by atoms with Crippen LogP contribution < -0.4 is 0 Å². The lowest BCUT2D eigenvalue weighted by Gasteiger charge is -2.02. The van der Waals surface area contributed by atoms with Crippen LogP contribution in [0.25, 0.3) is 0 Å². The molecule has 0 unspecified atom stereocenters. The highest BCUT2D eigenvalue weighted by atomic mass is 16.5. The molecule has 1 aromatic heterocycles. The first-order chi connectivity index (χ1) is 6.57. The molecule has 0 aromatic carbocycles. The van der Waals surface area contributed by atoms with Crippen LogP contribution >= 0.6 is 0 Å². The molecule has 0 atom stereocenters. The second-order valence-electron chi connectivity index (χ2n) is 3.09. The van der Waals surface area contributed by atoms with Gasteiger partial charge in [-0.05, 0) is 26.3 Å². The first kappa shape index (κ1) is 10.4. The van der Waals surface area contributed by atoms with E-state index in [2.05, 4.69) is 16.7 Å². The molecule has 0 aliphatic carbocycles. The first-order valence-corrected chi connectivity index (χ1v) is 4.23. The van der Waals surface area contributed by atoms with Crippen LogP contribution in [0.15, 0.2) is 21.7 Å². The number of aromatic nitrogens is 1. The summed E-state index contributed by atoms with van der Waals surface area (Å²) >= 11 is 0. The largest absolute Gasteiger partial charge is 0.361 e. The van der Waals surface area contributed by atoms with E-state index >= 15 is 0 Å². The zero-order chi connectivity index (χ0) is 10.7. The minimum atomic E-state index is 0.663. The Hall–Kier alpha value is -1.71. The number of aliphatic imine (C=N–C) groups is 1. The van der Waals surface area contributed by atoms with Gasteiger partial charge < -0.3 is 4.52 Å². The monoisotopic (exact) mass is 191 g/mol. The zero-order valence-electron chi connectivity index (χ0n) is 8.59. The molecule has 0 fully saturated rings. The molecule has 1 N–H and O–H groups in total. The van der Waals surface area contributed by atoms with Crippen molar-refractivity contribution in [3.05, 3.63) is 29.2 Å². The predicted molar refractivity (Wildman–Crippen MR) is 56.1 cm³/mol. The summed E-state index contributed by atoms with van der Waals surface area (Å²) in [5.74, 6) is 0.700. The molecule has 0 radical (unpaired) electrons. The van der Waals surface area contributed by atoms with Crippen LogP contribution in [0.1, 0.15) is 23.9 Å². The van der Waals surface area contributed by atoms with E-state index in [4.69, 9.17) is 9.93 Å². The number of nitrogens with zero attached hydrogens (tertiary/aromatic N) is 2. The van der Waals surface area contributed by atoms with Crippen molar-refractivity contribution in [2.75, 3.05) is 0 Å². The molecule has 0 aliphatic heterocycles. The van der Waals surface area contributed by atoms with Crippen molar-refractivity contribution in [1.82, 2.24) is 5.16 Å². The summed E-state index contributed by atoms with van der Waals surface area (Å²) in [6.45, 7) is 9.31. The number of nitrogens with one attached hydrogen (secondary N) is 1. The Morgan fingerprint density at radius 1 is 1.57 bits per heavy atom. The summed E-state index contributed by atoms with van der Waals surface area (Å²) in [4.78, 5) is 3.95. The number of hydrogen-bond donors (Lipinski definition) is 1. The maximum atomic E-state index is 6.97. The van der Waals surface area contributed by atoms with E-state index in [0.29, 0.717) is 11.5 Å². The molecule has 1 heterocycles. The first-order valence-electron chi connectivity index (χ1n) is 4.23. The fraction of sp³-hybridized carbons (Fsp3) is 0.300. The SMILES string of the molecule is C=C(C)C(=NC=N)c1c(C)noc1C. The van der Waals surface area contributed by atoms with Gasteiger partial charge in [0.15, 0.2) is 0 Å². The van der Waals surface area contributed by atoms with Crippen molar-refractivity contribution < 1.29 is 4.52 Å². The van der Waals surface area contributed by atoms with Crippen LogP contribution in [0.4, 0.5) is 0 Å². The summed E-state index contributed by atoms with van der Waals surface area (Å²) in [6.07, 6.45) is 0.996. The Kier molecular flexibility index (Phi) is 2.96. The van der Waals surface area contributed by atoms with E-state index in [0.717, 1.165) is 23.2 Å². The molecule has 0 bridgehead atoms. The summed E-state index contributed by atoms with van der Waals surface area (Å²) in [5, 5.41) is 10.8. The van der Waals surface area contributed by atoms with Gasteiger partial charge in [0.2, 0.25) is 0 Å². The van der Waals surface area contributed by atoms with Gasteiger partial charge in [0.1, 0.15) is 12.1 Å². The van der Waals surface area contributed by atoms with Gasteiger partial charge in [-0.2, -0.15) is 0 Å². The van der Waals surface area contributed by atoms with Gasteiger partial charge in [0, 0.05) is 0 Å². The predicted octanol–water partition coefficient (Wildman–Crippen LogP) is 2.26. The van der Waals surface area contributed by atoms with Gasteiger partial charge in [-0.1, -0.05) is 11.7 Å². The van der Waals surface area contributed by atoms with Gasteiger partial charge in [-0.25, -0.2) is 4.99 Å². The van der Waals surface area contributed by atoms with E-state index in [-0.39, 0.29) is 0 Å². The third-order valence-electron chi connectivity index (χ3n) is 1.87. The maximum Gasteiger partial charge on any atom is 0.143 e. The Labute approximate surface area is 82.8 Å². The molecule has 0 spiro atoms. The highest BCUT2D eigenvalue weighted by Crippen LogP contribution is 2.16. The number of aryl methyl sites for hydroxylation is 2. The molecule has 1 rings (SSSR count). The average molecular weight is 191 g/mol. The summed E-state index contributed by atoms with van der Waals surface area (Å²) < 4.78 is 5.03. The minimum absolute atomic E-state index is 0.663. The van der Waals surface area contributed by atoms with E-state index < -0.39 is 0 Å². The highest BCUT2D eigenvalue weighted by molar-refractivity contribution is 6.15. The van der Waals surface area contributed by atoms with Crippen LogP contribution in [-0.4, -0.2) is 17.2 Å². The van der Waals surface area contributed by atoms with Crippen LogP contribution in [-0.2, 0) is 0 Å². The quantitative estimate of drug-likeness (QED) is 0.588. The molecule has 74 valence electrons. The van der Waals surface area contributed by atoms with Crippen molar-refractivity contribution in [3.8, 4) is 0 Å². The highest BCUT2D eigenvalue weighted by Gasteiger charge is 2.15. The molecule has 0 saturated carbocycles. The topological polar surface area (TPSA) is 62.2 Å². The van der Waals surface area contributed by atoms with Gasteiger partial charge in [0.05, 0.1) is 17.0 Å². The molecule has 0 aliphatic rings. The van der Waals surface area contributed by atoms with Crippen molar-refractivity contribution in [2.45, 2.75) is 20.8 Å². The number of rotatable bonds is 3. The van der Waals surface area contributed by atoms with E-state index in [9.17, 15) is 0 Å². The second kappa shape index (κ2) is 4.00. The zero-order valence-corrected chi connectivity index (χ0v) is 8.59. The summed E-state index contributed by atoms with van der Waals surface area (Å²) in [5.41, 5.74) is 3.06. The Balaban J connectivity index is 3.31. The Morgan fingerprint density at radius 2 is 2.21 bits per heavy atom. The molecule has 4 heteroatoms.